The summed E-state index contributed by atoms with van der Waals surface area (Å²) in [5.41, 5.74) is 1.96. The van der Waals surface area contributed by atoms with Gasteiger partial charge in [-0.15, -0.1) is 0 Å². The molecule has 4 unspecified atom stereocenters. The molecule has 2 fully saturated rings. The number of ether oxygens (including phenoxy) is 6. The van der Waals surface area contributed by atoms with Crippen molar-refractivity contribution in [2.75, 3.05) is 46.8 Å². The van der Waals surface area contributed by atoms with Crippen LogP contribution in [-0.4, -0.2) is 71.1 Å². The molecule has 2 heterocycles. The Hall–Kier alpha value is -4.61. The van der Waals surface area contributed by atoms with Gasteiger partial charge in [0.15, 0.2) is 12.6 Å². The fraction of sp³-hybridized carbons (Fsp3) is 0.367. The number of carbonyl (C=O) groups excluding carboxylic acids is 1. The molecule has 63 heavy (non-hydrogen) atoms. The molecule has 338 valence electrons. The maximum absolute atomic E-state index is 14.8. The van der Waals surface area contributed by atoms with Crippen LogP contribution >= 0.6 is 17.0 Å². The van der Waals surface area contributed by atoms with Gasteiger partial charge in [0.1, 0.15) is 34.9 Å². The number of allylic oxidation sites excluding steroid dienone is 7. The molecule has 14 heteroatoms. The molecule has 0 N–H and O–H groups in total. The maximum atomic E-state index is 14.8. The maximum Gasteiger partial charge on any atom is 0.529 e. The first-order valence-electron chi connectivity index (χ1n) is 21.1. The molecule has 0 saturated carbocycles. The minimum atomic E-state index is -2.27. The van der Waals surface area contributed by atoms with Gasteiger partial charge in [0, 0.05) is 31.3 Å². The number of carbonyl (C=O) groups is 1. The van der Waals surface area contributed by atoms with Crippen LogP contribution in [0.5, 0.6) is 23.0 Å². The van der Waals surface area contributed by atoms with E-state index in [0.29, 0.717) is 62.3 Å². The van der Waals surface area contributed by atoms with Crippen molar-refractivity contribution in [2.24, 2.45) is 0 Å². The van der Waals surface area contributed by atoms with Crippen molar-refractivity contribution in [3.8, 4) is 23.0 Å². The molecule has 0 spiro atoms. The van der Waals surface area contributed by atoms with Crippen molar-refractivity contribution < 1.29 is 55.8 Å². The van der Waals surface area contributed by atoms with Crippen LogP contribution in [0.1, 0.15) is 74.2 Å². The monoisotopic (exact) mass is 902 g/mol. The van der Waals surface area contributed by atoms with Gasteiger partial charge in [0.05, 0.1) is 56.3 Å². The van der Waals surface area contributed by atoms with E-state index in [9.17, 15) is 4.79 Å². The summed E-state index contributed by atoms with van der Waals surface area (Å²) in [6, 6.07) is 19.4. The summed E-state index contributed by atoms with van der Waals surface area (Å²) in [6.07, 6.45) is 16.0. The van der Waals surface area contributed by atoms with E-state index in [1.165, 1.54) is 0 Å². The summed E-state index contributed by atoms with van der Waals surface area (Å²) in [4.78, 5) is 14.8. The van der Waals surface area contributed by atoms with Crippen molar-refractivity contribution in [3.63, 3.8) is 0 Å². The standard InChI is InChI=1S/C49H60O12P2/c1-8-12-15-21-38(34-36(5)52-29-20-13-9-2)57-63(61-45-26-19-17-23-42(45)49-55-32-33-56-49)60-44-25-18-16-22-40(44)47(50)41-28-27-37(51-6)35-46(41)59-62(7)58-43(24-14-10-3)39(11-4)48-53-30-31-54-48/h8,10-12,14-19,21-28,35-36,43,48-49H,1,3,9,13,20,29-34H2,2,4-7H3/b15-12-,24-14?,38-21+,39-11+. The van der Waals surface area contributed by atoms with E-state index in [2.05, 4.69) is 20.1 Å². The lowest BCUT2D eigenvalue weighted by molar-refractivity contribution is -0.0450. The first kappa shape index (κ1) is 49.4. The highest BCUT2D eigenvalue weighted by Gasteiger charge is 2.31. The zero-order chi connectivity index (χ0) is 44.8. The largest absolute Gasteiger partial charge is 0.529 e. The van der Waals surface area contributed by atoms with E-state index in [1.807, 2.05) is 63.0 Å². The normalized spacial score (nSPS) is 17.1. The quantitative estimate of drug-likeness (QED) is 0.0181. The molecule has 0 amide bonds. The minimum Gasteiger partial charge on any atom is -0.497 e. The number of ketones is 1. The molecule has 5 rings (SSSR count). The number of unbranched alkanes of at least 4 members (excludes halogenated alkanes) is 2. The Kier molecular flexibility index (Phi) is 21.1. The molecular weight excluding hydrogens is 842 g/mol. The van der Waals surface area contributed by atoms with Gasteiger partial charge in [-0.3, -0.25) is 4.79 Å². The van der Waals surface area contributed by atoms with Crippen molar-refractivity contribution in [2.45, 2.75) is 71.2 Å². The second-order valence-electron chi connectivity index (χ2n) is 14.2. The summed E-state index contributed by atoms with van der Waals surface area (Å²) in [5.74, 6) is 1.60. The van der Waals surface area contributed by atoms with Crippen LogP contribution < -0.4 is 18.3 Å². The van der Waals surface area contributed by atoms with E-state index >= 15 is 0 Å². The molecule has 12 nitrogen and oxygen atoms in total. The topological polar surface area (TPSA) is 119 Å². The molecule has 4 atom stereocenters. The van der Waals surface area contributed by atoms with Crippen LogP contribution in [0, 0.1) is 0 Å². The van der Waals surface area contributed by atoms with Crippen LogP contribution in [0.3, 0.4) is 0 Å². The number of hydrogen-bond donors (Lipinski definition) is 0. The SMILES string of the molecule is C=CC=CC(OP(C)Oc1cc(OC)ccc1C(=O)c1ccccc1OP(O/C(=C/C=C\C=C)CC(C)OCCCCC)Oc1ccccc1C1OCCO1)/C(=C\C)C1OCCO1. The van der Waals surface area contributed by atoms with Crippen LogP contribution in [0.2, 0.25) is 0 Å². The van der Waals surface area contributed by atoms with Crippen LogP contribution in [0.25, 0.3) is 0 Å². The summed E-state index contributed by atoms with van der Waals surface area (Å²) in [7, 11) is -2.37. The number of hydrogen-bond acceptors (Lipinski definition) is 12. The average molecular weight is 903 g/mol. The molecular formula is C49H60O12P2. The van der Waals surface area contributed by atoms with Crippen molar-refractivity contribution in [1.29, 1.82) is 0 Å². The minimum absolute atomic E-state index is 0.174. The number of benzene rings is 3. The van der Waals surface area contributed by atoms with Crippen LogP contribution in [-0.2, 0) is 32.7 Å². The Morgan fingerprint density at radius 2 is 1.52 bits per heavy atom. The van der Waals surface area contributed by atoms with Gasteiger partial charge in [-0.25, -0.2) is 0 Å². The fourth-order valence-corrected chi connectivity index (χ4v) is 8.50. The Bertz CT molecular complexity index is 2040. The first-order chi connectivity index (χ1) is 30.8. The Morgan fingerprint density at radius 1 is 0.841 bits per heavy atom. The highest BCUT2D eigenvalue weighted by atomic mass is 31.2. The van der Waals surface area contributed by atoms with Gasteiger partial charge in [0.2, 0.25) is 14.2 Å². The fourth-order valence-electron chi connectivity index (χ4n) is 6.43. The van der Waals surface area contributed by atoms with Crippen LogP contribution in [0.4, 0.5) is 0 Å². The lowest BCUT2D eigenvalue weighted by atomic mass is 10.0. The van der Waals surface area contributed by atoms with E-state index < -0.39 is 35.7 Å². The molecule has 2 saturated heterocycles. The van der Waals surface area contributed by atoms with Gasteiger partial charge < -0.3 is 51.0 Å². The van der Waals surface area contributed by atoms with Crippen molar-refractivity contribution in [3.05, 3.63) is 157 Å². The van der Waals surface area contributed by atoms with E-state index in [1.54, 1.807) is 79.9 Å². The summed E-state index contributed by atoms with van der Waals surface area (Å²) in [6.45, 7) is 18.0. The van der Waals surface area contributed by atoms with E-state index in [0.717, 1.165) is 24.8 Å². The van der Waals surface area contributed by atoms with Gasteiger partial charge in [-0.1, -0.05) is 106 Å². The number of para-hydroxylation sites is 2. The third-order valence-corrected chi connectivity index (χ3v) is 11.6. The first-order valence-corrected chi connectivity index (χ1v) is 23.8. The predicted octanol–water partition coefficient (Wildman–Crippen LogP) is 12.1. The predicted molar refractivity (Wildman–Crippen MR) is 247 cm³/mol. The Balaban J connectivity index is 1.46. The third-order valence-electron chi connectivity index (χ3n) is 9.53. The molecule has 0 bridgehead atoms. The van der Waals surface area contributed by atoms with Crippen molar-refractivity contribution in [1.82, 2.24) is 0 Å². The summed E-state index contributed by atoms with van der Waals surface area (Å²) >= 11 is 0. The highest BCUT2D eigenvalue weighted by Crippen LogP contribution is 2.48. The zero-order valence-corrected chi connectivity index (χ0v) is 38.6. The van der Waals surface area contributed by atoms with Crippen LogP contribution in [0.15, 0.2) is 140 Å². The second kappa shape index (κ2) is 26.9. The molecule has 2 aliphatic heterocycles. The summed E-state index contributed by atoms with van der Waals surface area (Å²) < 4.78 is 67.8. The molecule has 2 aliphatic rings. The molecule has 0 aliphatic carbocycles. The molecule has 0 radical (unpaired) electrons. The zero-order valence-electron chi connectivity index (χ0n) is 36.9. The molecule has 3 aromatic carbocycles. The second-order valence-corrected chi connectivity index (χ2v) is 16.4. The lowest BCUT2D eigenvalue weighted by Crippen LogP contribution is -2.23. The van der Waals surface area contributed by atoms with Gasteiger partial charge >= 0.3 is 8.60 Å². The average Bonchev–Trinajstić information content (AvgIpc) is 4.04. The molecule has 0 aromatic heterocycles. The number of rotatable bonds is 27. The number of methoxy groups -OCH3 is 1. The Labute approximate surface area is 375 Å². The smallest absolute Gasteiger partial charge is 0.497 e. The van der Waals surface area contributed by atoms with Gasteiger partial charge in [-0.05, 0) is 56.7 Å². The highest BCUT2D eigenvalue weighted by molar-refractivity contribution is 7.46. The Morgan fingerprint density at radius 3 is 2.24 bits per heavy atom. The third kappa shape index (κ3) is 15.3. The van der Waals surface area contributed by atoms with E-state index in [4.69, 9.17) is 51.0 Å². The van der Waals surface area contributed by atoms with E-state index in [-0.39, 0.29) is 34.5 Å². The van der Waals surface area contributed by atoms with Crippen molar-refractivity contribution >= 4 is 22.8 Å². The van der Waals surface area contributed by atoms with Gasteiger partial charge in [-0.2, -0.15) is 0 Å². The lowest BCUT2D eigenvalue weighted by Gasteiger charge is -2.25. The molecule has 3 aromatic rings. The van der Waals surface area contributed by atoms with Gasteiger partial charge in [0.25, 0.3) is 0 Å². The summed E-state index contributed by atoms with van der Waals surface area (Å²) in [5, 5.41) is 0.